The number of carboxylic acids is 1. The highest BCUT2D eigenvalue weighted by atomic mass is 16.6. The normalized spacial score (nSPS) is 14.6. The minimum Gasteiger partial charge on any atom is -0.486 e. The molecule has 0 saturated heterocycles. The molecule has 100 valence electrons. The number of fused-ring (bicyclic) bond motifs is 2. The molecule has 7 nitrogen and oxygen atoms in total. The number of ether oxygens (including phenoxy) is 2. The summed E-state index contributed by atoms with van der Waals surface area (Å²) in [6.45, 7) is 4.11. The van der Waals surface area contributed by atoms with Crippen LogP contribution in [-0.4, -0.2) is 39.3 Å². The molecule has 0 aliphatic carbocycles. The Bertz CT molecular complexity index is 662. The SMILES string of the molecule is CC(C)(C(=O)O)n1nnc2cc3c(cc21)OCCO3. The van der Waals surface area contributed by atoms with Crippen LogP contribution >= 0.6 is 0 Å². The number of nitrogens with zero attached hydrogens (tertiary/aromatic N) is 3. The van der Waals surface area contributed by atoms with Gasteiger partial charge in [0.1, 0.15) is 18.7 Å². The van der Waals surface area contributed by atoms with E-state index >= 15 is 0 Å². The van der Waals surface area contributed by atoms with E-state index in [9.17, 15) is 9.90 Å². The second kappa shape index (κ2) is 3.84. The lowest BCUT2D eigenvalue weighted by Crippen LogP contribution is -2.36. The molecule has 0 atom stereocenters. The fourth-order valence-corrected chi connectivity index (χ4v) is 1.96. The van der Waals surface area contributed by atoms with Gasteiger partial charge in [-0.25, -0.2) is 9.48 Å². The van der Waals surface area contributed by atoms with Crippen LogP contribution in [0.15, 0.2) is 12.1 Å². The monoisotopic (exact) mass is 263 g/mol. The lowest BCUT2D eigenvalue weighted by molar-refractivity contribution is -0.146. The van der Waals surface area contributed by atoms with E-state index in [1.165, 1.54) is 4.68 Å². The van der Waals surface area contributed by atoms with E-state index < -0.39 is 11.5 Å². The summed E-state index contributed by atoms with van der Waals surface area (Å²) < 4.78 is 12.3. The zero-order chi connectivity index (χ0) is 13.6. The van der Waals surface area contributed by atoms with E-state index in [1.807, 2.05) is 0 Å². The van der Waals surface area contributed by atoms with Gasteiger partial charge >= 0.3 is 5.97 Å². The maximum atomic E-state index is 11.3. The second-order valence-electron chi connectivity index (χ2n) is 4.85. The van der Waals surface area contributed by atoms with E-state index in [0.717, 1.165) is 0 Å². The van der Waals surface area contributed by atoms with Gasteiger partial charge in [0, 0.05) is 12.1 Å². The lowest BCUT2D eigenvalue weighted by atomic mass is 10.1. The van der Waals surface area contributed by atoms with Crippen LogP contribution in [0.5, 0.6) is 11.5 Å². The minimum atomic E-state index is -1.18. The van der Waals surface area contributed by atoms with E-state index in [0.29, 0.717) is 35.7 Å². The number of rotatable bonds is 2. The second-order valence-corrected chi connectivity index (χ2v) is 4.85. The molecule has 3 rings (SSSR count). The number of carbonyl (C=O) groups is 1. The zero-order valence-corrected chi connectivity index (χ0v) is 10.6. The Balaban J connectivity index is 2.20. The number of benzene rings is 1. The van der Waals surface area contributed by atoms with Crippen LogP contribution < -0.4 is 9.47 Å². The summed E-state index contributed by atoms with van der Waals surface area (Å²) in [5.74, 6) is 0.219. The molecule has 19 heavy (non-hydrogen) atoms. The van der Waals surface area contributed by atoms with Crippen LogP contribution in [0.3, 0.4) is 0 Å². The molecule has 0 spiro atoms. The van der Waals surface area contributed by atoms with Gasteiger partial charge in [0.15, 0.2) is 17.0 Å². The number of hydrogen-bond acceptors (Lipinski definition) is 5. The quantitative estimate of drug-likeness (QED) is 0.870. The van der Waals surface area contributed by atoms with Crippen molar-refractivity contribution in [3.05, 3.63) is 12.1 Å². The molecule has 0 unspecified atom stereocenters. The van der Waals surface area contributed by atoms with Crippen molar-refractivity contribution in [2.75, 3.05) is 13.2 Å². The van der Waals surface area contributed by atoms with Crippen molar-refractivity contribution in [2.24, 2.45) is 0 Å². The highest BCUT2D eigenvalue weighted by Crippen LogP contribution is 2.35. The van der Waals surface area contributed by atoms with Gasteiger partial charge in [0.2, 0.25) is 0 Å². The third-order valence-corrected chi connectivity index (χ3v) is 3.16. The van der Waals surface area contributed by atoms with Gasteiger partial charge in [-0.15, -0.1) is 5.10 Å². The minimum absolute atomic E-state index is 0.475. The van der Waals surface area contributed by atoms with Crippen molar-refractivity contribution in [1.82, 2.24) is 15.0 Å². The van der Waals surface area contributed by atoms with Gasteiger partial charge in [-0.2, -0.15) is 0 Å². The molecule has 1 N–H and O–H groups in total. The van der Waals surface area contributed by atoms with Gasteiger partial charge in [-0.05, 0) is 13.8 Å². The molecule has 0 radical (unpaired) electrons. The third-order valence-electron chi connectivity index (χ3n) is 3.16. The summed E-state index contributed by atoms with van der Waals surface area (Å²) in [6, 6.07) is 3.43. The first kappa shape index (κ1) is 11.8. The Labute approximate surface area is 108 Å². The van der Waals surface area contributed by atoms with Crippen molar-refractivity contribution in [1.29, 1.82) is 0 Å². The van der Waals surface area contributed by atoms with Gasteiger partial charge < -0.3 is 14.6 Å². The molecule has 1 aromatic heterocycles. The van der Waals surface area contributed by atoms with Crippen LogP contribution in [0.25, 0.3) is 11.0 Å². The zero-order valence-electron chi connectivity index (χ0n) is 10.6. The molecule has 0 fully saturated rings. The summed E-state index contributed by atoms with van der Waals surface area (Å²) in [5, 5.41) is 17.2. The molecule has 7 heteroatoms. The number of aromatic nitrogens is 3. The first-order chi connectivity index (χ1) is 9.00. The molecular formula is C12H13N3O4. The Kier molecular flexibility index (Phi) is 2.38. The first-order valence-electron chi connectivity index (χ1n) is 5.89. The molecule has 2 heterocycles. The fourth-order valence-electron chi connectivity index (χ4n) is 1.96. The first-order valence-corrected chi connectivity index (χ1v) is 5.89. The van der Waals surface area contributed by atoms with Crippen molar-refractivity contribution in [2.45, 2.75) is 19.4 Å². The highest BCUT2D eigenvalue weighted by molar-refractivity contribution is 5.83. The van der Waals surface area contributed by atoms with Crippen LogP contribution in [0, 0.1) is 0 Å². The number of aliphatic carboxylic acids is 1. The Hall–Kier alpha value is -2.31. The Morgan fingerprint density at radius 1 is 1.32 bits per heavy atom. The molecule has 1 aliphatic rings. The highest BCUT2D eigenvalue weighted by Gasteiger charge is 2.33. The number of carboxylic acid groups (broad SMARTS) is 1. The summed E-state index contributed by atoms with van der Waals surface area (Å²) in [6.07, 6.45) is 0. The molecular weight excluding hydrogens is 250 g/mol. The smallest absolute Gasteiger partial charge is 0.331 e. The maximum Gasteiger partial charge on any atom is 0.331 e. The van der Waals surface area contributed by atoms with Crippen molar-refractivity contribution < 1.29 is 19.4 Å². The van der Waals surface area contributed by atoms with Gasteiger partial charge in [-0.1, -0.05) is 5.21 Å². The number of hydrogen-bond donors (Lipinski definition) is 1. The van der Waals surface area contributed by atoms with Crippen LogP contribution in [0.2, 0.25) is 0 Å². The van der Waals surface area contributed by atoms with Gasteiger partial charge in [0.25, 0.3) is 0 Å². The van der Waals surface area contributed by atoms with Crippen LogP contribution in [-0.2, 0) is 10.3 Å². The fraction of sp³-hybridized carbons (Fsp3) is 0.417. The van der Waals surface area contributed by atoms with Gasteiger partial charge in [-0.3, -0.25) is 0 Å². The van der Waals surface area contributed by atoms with Crippen LogP contribution in [0.1, 0.15) is 13.8 Å². The van der Waals surface area contributed by atoms with Crippen molar-refractivity contribution in [3.8, 4) is 11.5 Å². The van der Waals surface area contributed by atoms with E-state index in [1.54, 1.807) is 26.0 Å². The topological polar surface area (TPSA) is 86.5 Å². The van der Waals surface area contributed by atoms with Crippen molar-refractivity contribution in [3.63, 3.8) is 0 Å². The van der Waals surface area contributed by atoms with Crippen LogP contribution in [0.4, 0.5) is 0 Å². The standard InChI is InChI=1S/C12H13N3O4/c1-12(2,11(16)17)15-8-6-10-9(18-3-4-19-10)5-7(8)13-14-15/h5-6H,3-4H2,1-2H3,(H,16,17). The molecule has 1 aliphatic heterocycles. The summed E-state index contributed by atoms with van der Waals surface area (Å²) in [5.41, 5.74) is 0.00799. The Morgan fingerprint density at radius 2 is 1.95 bits per heavy atom. The average Bonchev–Trinajstić information content (AvgIpc) is 2.79. The summed E-state index contributed by atoms with van der Waals surface area (Å²) in [4.78, 5) is 11.3. The largest absolute Gasteiger partial charge is 0.486 e. The molecule has 0 saturated carbocycles. The lowest BCUT2D eigenvalue weighted by Gasteiger charge is -2.21. The summed E-state index contributed by atoms with van der Waals surface area (Å²) >= 11 is 0. The van der Waals surface area contributed by atoms with Crippen molar-refractivity contribution >= 4 is 17.0 Å². The molecule has 1 aromatic carbocycles. The van der Waals surface area contributed by atoms with E-state index in [4.69, 9.17) is 9.47 Å². The Morgan fingerprint density at radius 3 is 2.58 bits per heavy atom. The summed E-state index contributed by atoms with van der Waals surface area (Å²) in [7, 11) is 0. The van der Waals surface area contributed by atoms with E-state index in [2.05, 4.69) is 10.3 Å². The third kappa shape index (κ3) is 1.69. The molecule has 0 bridgehead atoms. The molecule has 2 aromatic rings. The predicted molar refractivity (Wildman–Crippen MR) is 65.5 cm³/mol. The molecule has 0 amide bonds. The average molecular weight is 263 g/mol. The maximum absolute atomic E-state index is 11.3. The van der Waals surface area contributed by atoms with Gasteiger partial charge in [0.05, 0.1) is 5.52 Å². The van der Waals surface area contributed by atoms with E-state index in [-0.39, 0.29) is 0 Å². The predicted octanol–water partition coefficient (Wildman–Crippen LogP) is 1.02.